The zero-order valence-electron chi connectivity index (χ0n) is 10.5. The number of piperidine rings is 1. The molecule has 15 heavy (non-hydrogen) atoms. The Labute approximate surface area is 94.0 Å². The van der Waals surface area contributed by atoms with Crippen LogP contribution in [0.15, 0.2) is 0 Å². The van der Waals surface area contributed by atoms with Crippen LogP contribution >= 0.6 is 0 Å². The standard InChI is InChI=1S/C12H26N2O/c1-12(2,3)14-8-5-11(6-9-14)15-10-4-7-13/h11H,4-10,13H2,1-3H3. The van der Waals surface area contributed by atoms with Crippen LogP contribution in [-0.4, -0.2) is 42.8 Å². The maximum Gasteiger partial charge on any atom is 0.0599 e. The summed E-state index contributed by atoms with van der Waals surface area (Å²) in [6.07, 6.45) is 3.79. The van der Waals surface area contributed by atoms with Crippen LogP contribution in [0.4, 0.5) is 0 Å². The second-order valence-electron chi connectivity index (χ2n) is 5.37. The number of rotatable bonds is 4. The molecular weight excluding hydrogens is 188 g/mol. The minimum atomic E-state index is 0.308. The van der Waals surface area contributed by atoms with E-state index < -0.39 is 0 Å². The van der Waals surface area contributed by atoms with E-state index in [1.165, 1.54) is 12.8 Å². The summed E-state index contributed by atoms with van der Waals surface area (Å²) in [5.41, 5.74) is 5.74. The van der Waals surface area contributed by atoms with Gasteiger partial charge in [-0.05, 0) is 46.6 Å². The Balaban J connectivity index is 2.18. The largest absolute Gasteiger partial charge is 0.378 e. The summed E-state index contributed by atoms with van der Waals surface area (Å²) in [5.74, 6) is 0. The van der Waals surface area contributed by atoms with Crippen molar-refractivity contribution in [1.82, 2.24) is 4.90 Å². The highest BCUT2D eigenvalue weighted by molar-refractivity contribution is 4.81. The normalized spacial score (nSPS) is 20.8. The van der Waals surface area contributed by atoms with Gasteiger partial charge in [0.25, 0.3) is 0 Å². The predicted molar refractivity (Wildman–Crippen MR) is 64.0 cm³/mol. The summed E-state index contributed by atoms with van der Waals surface area (Å²) < 4.78 is 5.78. The van der Waals surface area contributed by atoms with Gasteiger partial charge in [-0.2, -0.15) is 0 Å². The molecule has 90 valence electrons. The van der Waals surface area contributed by atoms with Gasteiger partial charge in [-0.25, -0.2) is 0 Å². The van der Waals surface area contributed by atoms with E-state index in [1.807, 2.05) is 0 Å². The Morgan fingerprint density at radius 3 is 2.33 bits per heavy atom. The van der Waals surface area contributed by atoms with Crippen molar-refractivity contribution in [3.8, 4) is 0 Å². The molecule has 1 fully saturated rings. The molecule has 1 heterocycles. The first-order valence-electron chi connectivity index (χ1n) is 6.11. The summed E-state index contributed by atoms with van der Waals surface area (Å²) in [4.78, 5) is 2.54. The molecule has 3 nitrogen and oxygen atoms in total. The molecular formula is C12H26N2O. The van der Waals surface area contributed by atoms with Crippen LogP contribution in [0, 0.1) is 0 Å². The molecule has 0 radical (unpaired) electrons. The molecule has 0 amide bonds. The molecule has 3 heteroatoms. The van der Waals surface area contributed by atoms with Crippen molar-refractivity contribution in [2.45, 2.75) is 51.7 Å². The van der Waals surface area contributed by atoms with E-state index in [1.54, 1.807) is 0 Å². The van der Waals surface area contributed by atoms with Gasteiger partial charge >= 0.3 is 0 Å². The molecule has 0 atom stereocenters. The minimum Gasteiger partial charge on any atom is -0.378 e. The van der Waals surface area contributed by atoms with E-state index in [0.29, 0.717) is 11.6 Å². The number of hydrogen-bond donors (Lipinski definition) is 1. The summed E-state index contributed by atoms with van der Waals surface area (Å²) in [6.45, 7) is 10.7. The van der Waals surface area contributed by atoms with Crippen molar-refractivity contribution in [2.75, 3.05) is 26.2 Å². The molecule has 1 saturated heterocycles. The maximum absolute atomic E-state index is 5.78. The van der Waals surface area contributed by atoms with E-state index in [-0.39, 0.29) is 0 Å². The first-order chi connectivity index (χ1) is 7.04. The van der Waals surface area contributed by atoms with Crippen LogP contribution in [0.1, 0.15) is 40.0 Å². The molecule has 0 aromatic carbocycles. The molecule has 0 aromatic heterocycles. The number of ether oxygens (including phenoxy) is 1. The van der Waals surface area contributed by atoms with Gasteiger partial charge in [0.05, 0.1) is 6.10 Å². The molecule has 1 aliphatic heterocycles. The van der Waals surface area contributed by atoms with Crippen LogP contribution in [0.2, 0.25) is 0 Å². The van der Waals surface area contributed by atoms with Crippen LogP contribution in [0.3, 0.4) is 0 Å². The van der Waals surface area contributed by atoms with Gasteiger partial charge in [0, 0.05) is 25.2 Å². The average molecular weight is 214 g/mol. The van der Waals surface area contributed by atoms with Gasteiger partial charge in [0.1, 0.15) is 0 Å². The second kappa shape index (κ2) is 5.83. The zero-order chi connectivity index (χ0) is 11.3. The Hall–Kier alpha value is -0.120. The first kappa shape index (κ1) is 12.9. The van der Waals surface area contributed by atoms with E-state index in [4.69, 9.17) is 10.5 Å². The molecule has 1 aliphatic rings. The molecule has 0 saturated carbocycles. The third kappa shape index (κ3) is 4.49. The highest BCUT2D eigenvalue weighted by atomic mass is 16.5. The van der Waals surface area contributed by atoms with Crippen molar-refractivity contribution >= 4 is 0 Å². The highest BCUT2D eigenvalue weighted by Gasteiger charge is 2.26. The summed E-state index contributed by atoms with van der Waals surface area (Å²) >= 11 is 0. The van der Waals surface area contributed by atoms with Gasteiger partial charge in [-0.3, -0.25) is 4.90 Å². The first-order valence-corrected chi connectivity index (χ1v) is 6.11. The maximum atomic E-state index is 5.78. The van der Waals surface area contributed by atoms with E-state index >= 15 is 0 Å². The fourth-order valence-corrected chi connectivity index (χ4v) is 2.03. The third-order valence-electron chi connectivity index (χ3n) is 3.09. The van der Waals surface area contributed by atoms with Gasteiger partial charge < -0.3 is 10.5 Å². The van der Waals surface area contributed by atoms with E-state index in [0.717, 1.165) is 32.7 Å². The fourth-order valence-electron chi connectivity index (χ4n) is 2.03. The van der Waals surface area contributed by atoms with Crippen LogP contribution < -0.4 is 5.73 Å². The third-order valence-corrected chi connectivity index (χ3v) is 3.09. The monoisotopic (exact) mass is 214 g/mol. The lowest BCUT2D eigenvalue weighted by molar-refractivity contribution is -0.0130. The van der Waals surface area contributed by atoms with Crippen molar-refractivity contribution in [3.63, 3.8) is 0 Å². The predicted octanol–water partition coefficient (Wildman–Crippen LogP) is 1.61. The number of nitrogens with zero attached hydrogens (tertiary/aromatic N) is 1. The van der Waals surface area contributed by atoms with Crippen LogP contribution in [0.5, 0.6) is 0 Å². The lowest BCUT2D eigenvalue weighted by atomic mass is 9.99. The Morgan fingerprint density at radius 1 is 1.27 bits per heavy atom. The Morgan fingerprint density at radius 2 is 1.87 bits per heavy atom. The molecule has 0 bridgehead atoms. The Bertz CT molecular complexity index is 169. The second-order valence-corrected chi connectivity index (χ2v) is 5.37. The fraction of sp³-hybridized carbons (Fsp3) is 1.00. The van der Waals surface area contributed by atoms with Crippen molar-refractivity contribution in [3.05, 3.63) is 0 Å². The smallest absolute Gasteiger partial charge is 0.0599 e. The van der Waals surface area contributed by atoms with E-state index in [2.05, 4.69) is 25.7 Å². The summed E-state index contributed by atoms with van der Waals surface area (Å²) in [7, 11) is 0. The summed E-state index contributed by atoms with van der Waals surface area (Å²) in [6, 6.07) is 0. The molecule has 1 rings (SSSR count). The molecule has 0 aliphatic carbocycles. The van der Waals surface area contributed by atoms with Crippen molar-refractivity contribution < 1.29 is 4.74 Å². The Kier molecular flexibility index (Phi) is 5.03. The zero-order valence-corrected chi connectivity index (χ0v) is 10.5. The highest BCUT2D eigenvalue weighted by Crippen LogP contribution is 2.21. The number of nitrogens with two attached hydrogens (primary N) is 1. The summed E-state index contributed by atoms with van der Waals surface area (Å²) in [5, 5.41) is 0. The number of hydrogen-bond acceptors (Lipinski definition) is 3. The van der Waals surface area contributed by atoms with Gasteiger partial charge in [0.2, 0.25) is 0 Å². The SMILES string of the molecule is CC(C)(C)N1CCC(OCCCN)CC1. The van der Waals surface area contributed by atoms with Crippen LogP contribution in [-0.2, 0) is 4.74 Å². The molecule has 2 N–H and O–H groups in total. The molecule has 0 aromatic rings. The lowest BCUT2D eigenvalue weighted by Gasteiger charge is -2.40. The average Bonchev–Trinajstić information content (AvgIpc) is 2.18. The lowest BCUT2D eigenvalue weighted by Crippen LogP contribution is -2.47. The van der Waals surface area contributed by atoms with Gasteiger partial charge in [-0.1, -0.05) is 0 Å². The minimum absolute atomic E-state index is 0.308. The quantitative estimate of drug-likeness (QED) is 0.723. The molecule has 0 spiro atoms. The van der Waals surface area contributed by atoms with Gasteiger partial charge in [-0.15, -0.1) is 0 Å². The van der Waals surface area contributed by atoms with E-state index in [9.17, 15) is 0 Å². The van der Waals surface area contributed by atoms with Crippen molar-refractivity contribution in [1.29, 1.82) is 0 Å². The molecule has 0 unspecified atom stereocenters. The number of likely N-dealkylation sites (tertiary alicyclic amines) is 1. The van der Waals surface area contributed by atoms with Crippen molar-refractivity contribution in [2.24, 2.45) is 5.73 Å². The van der Waals surface area contributed by atoms with Crippen LogP contribution in [0.25, 0.3) is 0 Å². The van der Waals surface area contributed by atoms with Gasteiger partial charge in [0.15, 0.2) is 0 Å². The topological polar surface area (TPSA) is 38.5 Å².